The Morgan fingerprint density at radius 1 is 1.10 bits per heavy atom. The van der Waals surface area contributed by atoms with Crippen LogP contribution in [0.5, 0.6) is 0 Å². The Kier molecular flexibility index (Phi) is 4.44. The van der Waals surface area contributed by atoms with Crippen molar-refractivity contribution in [3.05, 3.63) is 60.4 Å². The Labute approximate surface area is 118 Å². The van der Waals surface area contributed by atoms with E-state index in [4.69, 9.17) is 0 Å². The summed E-state index contributed by atoms with van der Waals surface area (Å²) in [5, 5.41) is 5.64. The number of para-hydroxylation sites is 1. The fourth-order valence-corrected chi connectivity index (χ4v) is 1.56. The Bertz CT molecular complexity index is 581. The van der Waals surface area contributed by atoms with E-state index in [9.17, 15) is 4.79 Å². The maximum absolute atomic E-state index is 12.2. The maximum Gasteiger partial charge on any atom is 0.344 e. The zero-order valence-corrected chi connectivity index (χ0v) is 11.5. The molecular formula is C15H16N4O. The van der Waals surface area contributed by atoms with E-state index in [1.165, 1.54) is 9.91 Å². The lowest BCUT2D eigenvalue weighted by Gasteiger charge is -2.21. The summed E-state index contributed by atoms with van der Waals surface area (Å²) in [6.45, 7) is 0. The molecule has 0 radical (unpaired) electrons. The topological polar surface area (TPSA) is 48.8 Å². The van der Waals surface area contributed by atoms with Crippen molar-refractivity contribution in [2.75, 3.05) is 19.1 Å². The van der Waals surface area contributed by atoms with Crippen molar-refractivity contribution < 1.29 is 4.79 Å². The van der Waals surface area contributed by atoms with E-state index in [1.807, 2.05) is 42.5 Å². The summed E-state index contributed by atoms with van der Waals surface area (Å²) in [4.78, 5) is 17.6. The third-order valence-corrected chi connectivity index (χ3v) is 2.59. The number of urea groups is 1. The Balaban J connectivity index is 2.28. The van der Waals surface area contributed by atoms with Crippen molar-refractivity contribution in [1.29, 1.82) is 0 Å². The van der Waals surface area contributed by atoms with Crippen molar-refractivity contribution >= 4 is 17.9 Å². The van der Waals surface area contributed by atoms with E-state index < -0.39 is 0 Å². The number of carbonyl (C=O) groups is 1. The van der Waals surface area contributed by atoms with Crippen LogP contribution in [0.1, 0.15) is 5.56 Å². The third kappa shape index (κ3) is 3.41. The molecule has 1 aromatic carbocycles. The van der Waals surface area contributed by atoms with Crippen LogP contribution in [-0.4, -0.2) is 36.2 Å². The fourth-order valence-electron chi connectivity index (χ4n) is 1.56. The van der Waals surface area contributed by atoms with Crippen LogP contribution >= 0.6 is 0 Å². The van der Waals surface area contributed by atoms with E-state index in [1.54, 1.807) is 32.7 Å². The van der Waals surface area contributed by atoms with Crippen LogP contribution in [0.4, 0.5) is 10.5 Å². The molecule has 0 fully saturated rings. The number of amides is 2. The van der Waals surface area contributed by atoms with Crippen molar-refractivity contribution in [2.24, 2.45) is 5.10 Å². The number of benzene rings is 1. The average molecular weight is 268 g/mol. The number of rotatable bonds is 3. The smallest absolute Gasteiger partial charge is 0.329 e. The Morgan fingerprint density at radius 2 is 1.75 bits per heavy atom. The first-order chi connectivity index (χ1) is 9.68. The van der Waals surface area contributed by atoms with Gasteiger partial charge in [0.15, 0.2) is 0 Å². The average Bonchev–Trinajstić information content (AvgIpc) is 2.49. The number of hydrogen-bond acceptors (Lipinski definition) is 3. The van der Waals surface area contributed by atoms with Crippen LogP contribution in [0.3, 0.4) is 0 Å². The highest BCUT2D eigenvalue weighted by Gasteiger charge is 2.15. The highest BCUT2D eigenvalue weighted by atomic mass is 16.2. The molecule has 5 heteroatoms. The predicted molar refractivity (Wildman–Crippen MR) is 79.8 cm³/mol. The lowest BCUT2D eigenvalue weighted by Crippen LogP contribution is -2.35. The minimum Gasteiger partial charge on any atom is -0.329 e. The maximum atomic E-state index is 12.2. The number of carbonyl (C=O) groups excluding carboxylic acids is 1. The molecule has 102 valence electrons. The van der Waals surface area contributed by atoms with Crippen molar-refractivity contribution in [1.82, 2.24) is 9.88 Å². The Morgan fingerprint density at radius 3 is 2.35 bits per heavy atom. The zero-order valence-electron chi connectivity index (χ0n) is 11.5. The fraction of sp³-hybridized carbons (Fsp3) is 0.133. The van der Waals surface area contributed by atoms with Gasteiger partial charge in [0.05, 0.1) is 11.9 Å². The van der Waals surface area contributed by atoms with Crippen LogP contribution < -0.4 is 5.01 Å². The largest absolute Gasteiger partial charge is 0.344 e. The summed E-state index contributed by atoms with van der Waals surface area (Å²) in [5.74, 6) is 0. The first-order valence-electron chi connectivity index (χ1n) is 6.19. The van der Waals surface area contributed by atoms with Crippen molar-refractivity contribution in [3.63, 3.8) is 0 Å². The molecule has 20 heavy (non-hydrogen) atoms. The van der Waals surface area contributed by atoms with E-state index >= 15 is 0 Å². The van der Waals surface area contributed by atoms with Crippen LogP contribution in [0.15, 0.2) is 60.0 Å². The molecule has 5 nitrogen and oxygen atoms in total. The molecule has 0 aliphatic carbocycles. The van der Waals surface area contributed by atoms with Crippen molar-refractivity contribution in [2.45, 2.75) is 0 Å². The molecule has 0 spiro atoms. The van der Waals surface area contributed by atoms with Gasteiger partial charge >= 0.3 is 6.03 Å². The highest BCUT2D eigenvalue weighted by molar-refractivity contribution is 5.93. The summed E-state index contributed by atoms with van der Waals surface area (Å²) < 4.78 is 0. The highest BCUT2D eigenvalue weighted by Crippen LogP contribution is 2.15. The second-order valence-electron chi connectivity index (χ2n) is 4.35. The summed E-state index contributed by atoms with van der Waals surface area (Å²) in [6, 6.07) is 12.8. The molecule has 0 bridgehead atoms. The number of hydrogen-bond donors (Lipinski definition) is 0. The van der Waals surface area contributed by atoms with E-state index in [0.29, 0.717) is 0 Å². The van der Waals surface area contributed by atoms with Gasteiger partial charge in [-0.05, 0) is 29.8 Å². The molecule has 2 amide bonds. The van der Waals surface area contributed by atoms with E-state index in [0.717, 1.165) is 11.3 Å². The summed E-state index contributed by atoms with van der Waals surface area (Å²) in [6.07, 6.45) is 5.00. The monoisotopic (exact) mass is 268 g/mol. The van der Waals surface area contributed by atoms with Gasteiger partial charge < -0.3 is 4.90 Å². The van der Waals surface area contributed by atoms with Crippen LogP contribution in [-0.2, 0) is 0 Å². The van der Waals surface area contributed by atoms with Gasteiger partial charge in [-0.15, -0.1) is 0 Å². The molecule has 2 aromatic rings. The summed E-state index contributed by atoms with van der Waals surface area (Å²) in [7, 11) is 3.39. The van der Waals surface area contributed by atoms with Crippen LogP contribution in [0, 0.1) is 0 Å². The minimum atomic E-state index is -0.207. The lowest BCUT2D eigenvalue weighted by molar-refractivity contribution is 0.224. The lowest BCUT2D eigenvalue weighted by atomic mass is 10.3. The molecule has 0 saturated heterocycles. The molecule has 2 rings (SSSR count). The molecule has 0 aliphatic heterocycles. The number of hydrazone groups is 1. The Hall–Kier alpha value is -2.69. The van der Waals surface area contributed by atoms with Gasteiger partial charge in [0.1, 0.15) is 0 Å². The number of nitrogens with zero attached hydrogens (tertiary/aromatic N) is 4. The van der Waals surface area contributed by atoms with Gasteiger partial charge in [-0.3, -0.25) is 4.98 Å². The molecule has 1 heterocycles. The van der Waals surface area contributed by atoms with Crippen molar-refractivity contribution in [3.8, 4) is 0 Å². The van der Waals surface area contributed by atoms with E-state index in [2.05, 4.69) is 10.1 Å². The molecule has 0 unspecified atom stereocenters. The molecular weight excluding hydrogens is 252 g/mol. The van der Waals surface area contributed by atoms with Crippen LogP contribution in [0.25, 0.3) is 0 Å². The second kappa shape index (κ2) is 6.47. The number of pyridine rings is 1. The SMILES string of the molecule is CN(C)C(=O)N(N=Cc1ccncc1)c1ccccc1. The van der Waals surface area contributed by atoms with Gasteiger partial charge in [-0.25, -0.2) is 4.79 Å². The normalized spacial score (nSPS) is 10.5. The van der Waals surface area contributed by atoms with Gasteiger partial charge in [0, 0.05) is 26.5 Å². The molecule has 0 saturated carbocycles. The van der Waals surface area contributed by atoms with Crippen LogP contribution in [0.2, 0.25) is 0 Å². The number of anilines is 1. The van der Waals surface area contributed by atoms with Gasteiger partial charge in [0.25, 0.3) is 0 Å². The first-order valence-corrected chi connectivity index (χ1v) is 6.19. The zero-order chi connectivity index (χ0) is 14.4. The molecule has 0 N–H and O–H groups in total. The summed E-state index contributed by atoms with van der Waals surface area (Å²) >= 11 is 0. The third-order valence-electron chi connectivity index (χ3n) is 2.59. The molecule has 1 aromatic heterocycles. The molecule has 0 atom stereocenters. The standard InChI is InChI=1S/C15H16N4O/c1-18(2)15(20)19(14-6-4-3-5-7-14)17-12-13-8-10-16-11-9-13/h3-12H,1-2H3. The van der Waals surface area contributed by atoms with Gasteiger partial charge in [-0.2, -0.15) is 10.1 Å². The van der Waals surface area contributed by atoms with E-state index in [-0.39, 0.29) is 6.03 Å². The quantitative estimate of drug-likeness (QED) is 0.634. The molecule has 0 aliphatic rings. The predicted octanol–water partition coefficient (Wildman–Crippen LogP) is 2.60. The second-order valence-corrected chi connectivity index (χ2v) is 4.35. The summed E-state index contributed by atoms with van der Waals surface area (Å²) in [5.41, 5.74) is 1.60. The van der Waals surface area contributed by atoms with Gasteiger partial charge in [-0.1, -0.05) is 18.2 Å². The number of aromatic nitrogens is 1. The van der Waals surface area contributed by atoms with Gasteiger partial charge in [0.2, 0.25) is 0 Å². The minimum absolute atomic E-state index is 0.207. The first kappa shape index (κ1) is 13.7.